The van der Waals surface area contributed by atoms with E-state index in [4.69, 9.17) is 0 Å². The van der Waals surface area contributed by atoms with E-state index in [1.165, 1.54) is 44.9 Å². The normalized spacial score (nSPS) is 57.8. The lowest BCUT2D eigenvalue weighted by molar-refractivity contribution is -0.161. The van der Waals surface area contributed by atoms with Crippen LogP contribution in [-0.4, -0.2) is 22.3 Å². The summed E-state index contributed by atoms with van der Waals surface area (Å²) in [5.41, 5.74) is 1.53. The number of aliphatic carboxylic acids is 1. The highest BCUT2D eigenvalue weighted by molar-refractivity contribution is 5.67. The van der Waals surface area contributed by atoms with Crippen molar-refractivity contribution in [2.24, 2.45) is 44.8 Å². The maximum Gasteiger partial charge on any atom is 0.303 e. The molecular weight excluding hydrogens is 336 g/mol. The number of hydrogen-bond acceptors (Lipinski definition) is 2. The lowest BCUT2D eigenvalue weighted by Gasteiger charge is -2.63. The number of aliphatic hydroxyl groups excluding tert-OH is 1. The number of carboxylic acid groups (broad SMARTS) is 1. The molecule has 5 saturated carbocycles. The van der Waals surface area contributed by atoms with E-state index in [2.05, 4.69) is 27.7 Å². The van der Waals surface area contributed by atoms with Gasteiger partial charge in [0.25, 0.3) is 0 Å². The maximum absolute atomic E-state index is 11.5. The predicted octanol–water partition coefficient (Wildman–Crippen LogP) is 5.26. The van der Waals surface area contributed by atoms with Crippen molar-refractivity contribution in [3.05, 3.63) is 0 Å². The second-order valence-corrected chi connectivity index (χ2v) is 12.2. The van der Waals surface area contributed by atoms with Gasteiger partial charge in [-0.3, -0.25) is 4.79 Å². The first-order valence-electron chi connectivity index (χ1n) is 11.4. The number of aliphatic hydroxyl groups is 1. The Morgan fingerprint density at radius 1 is 0.852 bits per heavy atom. The second kappa shape index (κ2) is 5.12. The summed E-state index contributed by atoms with van der Waals surface area (Å²) in [5, 5.41) is 20.2. The molecule has 152 valence electrons. The van der Waals surface area contributed by atoms with Crippen molar-refractivity contribution in [3.8, 4) is 0 Å². The van der Waals surface area contributed by atoms with E-state index < -0.39 is 5.97 Å². The monoisotopic (exact) mass is 374 g/mol. The van der Waals surface area contributed by atoms with Crippen molar-refractivity contribution in [3.63, 3.8) is 0 Å². The maximum atomic E-state index is 11.5. The molecule has 5 rings (SSSR count). The highest BCUT2D eigenvalue weighted by Crippen LogP contribution is 2.88. The first-order chi connectivity index (χ1) is 12.5. The van der Waals surface area contributed by atoms with E-state index in [0.29, 0.717) is 34.5 Å². The van der Waals surface area contributed by atoms with Crippen molar-refractivity contribution >= 4 is 5.97 Å². The molecule has 2 spiro atoms. The Balaban J connectivity index is 1.51. The van der Waals surface area contributed by atoms with E-state index >= 15 is 0 Å². The van der Waals surface area contributed by atoms with Gasteiger partial charge in [-0.1, -0.05) is 27.7 Å². The van der Waals surface area contributed by atoms with Crippen LogP contribution in [0, 0.1) is 44.8 Å². The van der Waals surface area contributed by atoms with Gasteiger partial charge in [-0.25, -0.2) is 0 Å². The molecule has 0 amide bonds. The van der Waals surface area contributed by atoms with E-state index in [-0.39, 0.29) is 16.9 Å². The molecule has 0 aromatic rings. The minimum Gasteiger partial charge on any atom is -0.481 e. The fourth-order valence-electron chi connectivity index (χ4n) is 10.0. The largest absolute Gasteiger partial charge is 0.481 e. The number of hydrogen-bond donors (Lipinski definition) is 2. The van der Waals surface area contributed by atoms with E-state index in [0.717, 1.165) is 18.8 Å². The van der Waals surface area contributed by atoms with Gasteiger partial charge < -0.3 is 10.2 Å². The first-order valence-corrected chi connectivity index (χ1v) is 11.4. The van der Waals surface area contributed by atoms with E-state index in [9.17, 15) is 15.0 Å². The van der Waals surface area contributed by atoms with Gasteiger partial charge in [0.2, 0.25) is 0 Å². The molecule has 3 unspecified atom stereocenters. The molecule has 3 heteroatoms. The molecule has 0 aromatic carbocycles. The summed E-state index contributed by atoms with van der Waals surface area (Å²) < 4.78 is 0. The molecule has 0 aliphatic heterocycles. The van der Waals surface area contributed by atoms with Crippen LogP contribution < -0.4 is 0 Å². The SMILES string of the molecule is CC1(C)C2CCC3[C@]4(CC[C@]5(C)C(CC(=O)O)CC[C@@]35C)C[C@]24CC[C@@H]1O. The van der Waals surface area contributed by atoms with Crippen molar-refractivity contribution in [2.75, 3.05) is 0 Å². The first kappa shape index (κ1) is 18.5. The summed E-state index contributed by atoms with van der Waals surface area (Å²) in [6, 6.07) is 0. The number of fused-ring (bicyclic) bond motifs is 2. The van der Waals surface area contributed by atoms with Gasteiger partial charge in [-0.2, -0.15) is 0 Å². The smallest absolute Gasteiger partial charge is 0.303 e. The Morgan fingerprint density at radius 2 is 1.52 bits per heavy atom. The summed E-state index contributed by atoms with van der Waals surface area (Å²) in [5.74, 6) is 1.19. The molecular formula is C24H38O3. The van der Waals surface area contributed by atoms with Crippen molar-refractivity contribution < 1.29 is 15.0 Å². The fourth-order valence-corrected chi connectivity index (χ4v) is 10.0. The third-order valence-corrected chi connectivity index (χ3v) is 11.7. The van der Waals surface area contributed by atoms with Crippen LogP contribution in [0.1, 0.15) is 91.9 Å². The van der Waals surface area contributed by atoms with Crippen LogP contribution in [0.4, 0.5) is 0 Å². The third-order valence-electron chi connectivity index (χ3n) is 11.7. The van der Waals surface area contributed by atoms with Gasteiger partial charge in [-0.15, -0.1) is 0 Å². The van der Waals surface area contributed by atoms with Crippen LogP contribution in [0.5, 0.6) is 0 Å². The lowest BCUT2D eigenvalue weighted by Crippen LogP contribution is -2.57. The zero-order valence-corrected chi connectivity index (χ0v) is 17.7. The Labute approximate surface area is 164 Å². The second-order valence-electron chi connectivity index (χ2n) is 12.2. The third kappa shape index (κ3) is 1.91. The molecule has 0 saturated heterocycles. The molecule has 0 aromatic heterocycles. The van der Waals surface area contributed by atoms with Gasteiger partial charge in [0, 0.05) is 6.42 Å². The van der Waals surface area contributed by atoms with Crippen molar-refractivity contribution in [2.45, 2.75) is 98.0 Å². The molecule has 3 nitrogen and oxygen atoms in total. The summed E-state index contributed by atoms with van der Waals surface area (Å²) in [7, 11) is 0. The Bertz CT molecular complexity index is 685. The fraction of sp³-hybridized carbons (Fsp3) is 0.958. The highest BCUT2D eigenvalue weighted by Gasteiger charge is 2.82. The highest BCUT2D eigenvalue weighted by atomic mass is 16.4. The number of rotatable bonds is 2. The standard InChI is InChI=1S/C24H38O3/c1-20(2)16-5-6-17-22(4)9-7-15(13-19(26)27)21(22,3)11-12-24(17)14-23(16,24)10-8-18(20)25/h15-18,25H,5-14H2,1-4H3,(H,26,27)/t15?,16?,17?,18-,21+,22-,23+,24-/m0/s1. The van der Waals surface area contributed by atoms with Crippen LogP contribution in [0.3, 0.4) is 0 Å². The zero-order valence-electron chi connectivity index (χ0n) is 17.7. The Hall–Kier alpha value is -0.570. The number of carboxylic acids is 1. The van der Waals surface area contributed by atoms with Crippen LogP contribution in [0.15, 0.2) is 0 Å². The molecule has 5 aliphatic carbocycles. The summed E-state index contributed by atoms with van der Waals surface area (Å²) in [4.78, 5) is 11.5. The summed E-state index contributed by atoms with van der Waals surface area (Å²) in [6.07, 6.45) is 11.2. The molecule has 5 aliphatic rings. The van der Waals surface area contributed by atoms with E-state index in [1.54, 1.807) is 0 Å². The lowest BCUT2D eigenvalue weighted by atomic mass is 9.42. The topological polar surface area (TPSA) is 57.5 Å². The molecule has 5 fully saturated rings. The predicted molar refractivity (Wildman–Crippen MR) is 105 cm³/mol. The molecule has 8 atom stereocenters. The molecule has 0 bridgehead atoms. The summed E-state index contributed by atoms with van der Waals surface area (Å²) >= 11 is 0. The van der Waals surface area contributed by atoms with Gasteiger partial charge in [0.05, 0.1) is 6.10 Å². The molecule has 27 heavy (non-hydrogen) atoms. The van der Waals surface area contributed by atoms with Gasteiger partial charge >= 0.3 is 5.97 Å². The average molecular weight is 375 g/mol. The van der Waals surface area contributed by atoms with Gasteiger partial charge in [0.1, 0.15) is 0 Å². The van der Waals surface area contributed by atoms with Crippen molar-refractivity contribution in [1.82, 2.24) is 0 Å². The van der Waals surface area contributed by atoms with E-state index in [1.807, 2.05) is 0 Å². The molecule has 0 heterocycles. The quantitative estimate of drug-likeness (QED) is 0.693. The minimum absolute atomic E-state index is 0.0515. The molecule has 2 N–H and O–H groups in total. The summed E-state index contributed by atoms with van der Waals surface area (Å²) in [6.45, 7) is 9.62. The zero-order chi connectivity index (χ0) is 19.5. The van der Waals surface area contributed by atoms with Crippen LogP contribution in [0.25, 0.3) is 0 Å². The average Bonchev–Trinajstić information content (AvgIpc) is 3.19. The minimum atomic E-state index is -0.611. The molecule has 0 radical (unpaired) electrons. The van der Waals surface area contributed by atoms with Gasteiger partial charge in [0.15, 0.2) is 0 Å². The Kier molecular flexibility index (Phi) is 3.50. The Morgan fingerprint density at radius 3 is 2.22 bits per heavy atom. The van der Waals surface area contributed by atoms with Crippen LogP contribution in [0.2, 0.25) is 0 Å². The van der Waals surface area contributed by atoms with Crippen molar-refractivity contribution in [1.29, 1.82) is 0 Å². The van der Waals surface area contributed by atoms with Crippen LogP contribution in [-0.2, 0) is 4.79 Å². The van der Waals surface area contributed by atoms with Crippen LogP contribution >= 0.6 is 0 Å². The van der Waals surface area contributed by atoms with Gasteiger partial charge in [-0.05, 0) is 103 Å². The number of carbonyl (C=O) groups is 1.